The monoisotopic (exact) mass is 302 g/mol. The molecule has 0 bridgehead atoms. The van der Waals surface area contributed by atoms with E-state index in [1.807, 2.05) is 6.92 Å². The van der Waals surface area contributed by atoms with Crippen LogP contribution >= 0.6 is 0 Å². The Labute approximate surface area is 120 Å². The van der Waals surface area contributed by atoms with Gasteiger partial charge in [-0.05, 0) is 19.5 Å². The fourth-order valence-electron chi connectivity index (χ4n) is 2.51. The van der Waals surface area contributed by atoms with E-state index in [0.717, 1.165) is 13.1 Å². The van der Waals surface area contributed by atoms with E-state index in [9.17, 15) is 8.42 Å². The Morgan fingerprint density at radius 3 is 2.75 bits per heavy atom. The Morgan fingerprint density at radius 1 is 1.40 bits per heavy atom. The molecule has 0 amide bonds. The Balaban J connectivity index is 2.16. The van der Waals surface area contributed by atoms with Crippen LogP contribution in [0.2, 0.25) is 0 Å². The number of ether oxygens (including phenoxy) is 1. The number of nitrogens with zero attached hydrogens (tertiary/aromatic N) is 3. The van der Waals surface area contributed by atoms with E-state index in [1.165, 1.54) is 16.9 Å². The molecule has 2 atom stereocenters. The van der Waals surface area contributed by atoms with E-state index >= 15 is 0 Å². The van der Waals surface area contributed by atoms with Crippen LogP contribution in [0.1, 0.15) is 13.8 Å². The highest BCUT2D eigenvalue weighted by Gasteiger charge is 2.35. The van der Waals surface area contributed by atoms with Gasteiger partial charge in [0, 0.05) is 26.7 Å². The van der Waals surface area contributed by atoms with Gasteiger partial charge in [-0.2, -0.15) is 5.10 Å². The highest BCUT2D eigenvalue weighted by Crippen LogP contribution is 2.16. The minimum atomic E-state index is -3.57. The Hall–Kier alpha value is -0.960. The van der Waals surface area contributed by atoms with Gasteiger partial charge in [0.2, 0.25) is 0 Å². The van der Waals surface area contributed by atoms with Crippen LogP contribution in [0.3, 0.4) is 0 Å². The van der Waals surface area contributed by atoms with E-state index in [1.54, 1.807) is 7.11 Å². The molecule has 1 N–H and O–H groups in total. The maximum absolute atomic E-state index is 12.4. The lowest BCUT2D eigenvalue weighted by Gasteiger charge is -2.18. The number of hydrogen-bond donors (Lipinski definition) is 1. The summed E-state index contributed by atoms with van der Waals surface area (Å²) >= 11 is 0. The van der Waals surface area contributed by atoms with Crippen molar-refractivity contribution in [2.75, 3.05) is 26.7 Å². The van der Waals surface area contributed by atoms with Crippen LogP contribution in [0, 0.1) is 0 Å². The Kier molecular flexibility index (Phi) is 4.79. The van der Waals surface area contributed by atoms with E-state index < -0.39 is 10.0 Å². The molecule has 1 aromatic rings. The predicted octanol–water partition coefficient (Wildman–Crippen LogP) is -0.0996. The molecule has 1 aliphatic heterocycles. The Bertz CT molecular complexity index is 543. The van der Waals surface area contributed by atoms with Crippen molar-refractivity contribution in [3.8, 4) is 0 Å². The average molecular weight is 302 g/mol. The van der Waals surface area contributed by atoms with Gasteiger partial charge < -0.3 is 4.74 Å². The highest BCUT2D eigenvalue weighted by molar-refractivity contribution is 7.89. The van der Waals surface area contributed by atoms with Gasteiger partial charge in [0.05, 0.1) is 18.3 Å². The molecule has 0 aromatic carbocycles. The summed E-state index contributed by atoms with van der Waals surface area (Å²) in [7, 11) is -1.96. The van der Waals surface area contributed by atoms with E-state index in [-0.39, 0.29) is 17.2 Å². The average Bonchev–Trinajstić information content (AvgIpc) is 3.04. The number of sulfonamides is 1. The molecule has 114 valence electrons. The summed E-state index contributed by atoms with van der Waals surface area (Å²) in [5, 5.41) is 4.20. The highest BCUT2D eigenvalue weighted by atomic mass is 32.2. The largest absolute Gasteiger partial charge is 0.378 e. The smallest absolute Gasteiger partial charge is 0.258 e. The number of rotatable bonds is 6. The van der Waals surface area contributed by atoms with Crippen molar-refractivity contribution in [3.63, 3.8) is 0 Å². The standard InChI is InChI=1S/C12H22N4O3S/c1-4-15-8-10(11(9-15)19-3)14-20(17,18)12-6-7-13-16(12)5-2/h6-7,10-11,14H,4-5,8-9H2,1-3H3/t10-,11-/m0/s1. The molecule has 1 fully saturated rings. The summed E-state index contributed by atoms with van der Waals surface area (Å²) < 4.78 is 34.5. The van der Waals surface area contributed by atoms with E-state index in [2.05, 4.69) is 21.6 Å². The van der Waals surface area contributed by atoms with Crippen LogP contribution in [0.25, 0.3) is 0 Å². The van der Waals surface area contributed by atoms with Crippen LogP contribution < -0.4 is 4.72 Å². The van der Waals surface area contributed by atoms with Gasteiger partial charge in [-0.25, -0.2) is 13.1 Å². The van der Waals surface area contributed by atoms with Gasteiger partial charge in [-0.15, -0.1) is 0 Å². The first kappa shape index (κ1) is 15.4. The van der Waals surface area contributed by atoms with E-state index in [0.29, 0.717) is 13.1 Å². The molecule has 0 aliphatic carbocycles. The fraction of sp³-hybridized carbons (Fsp3) is 0.750. The third-order valence-electron chi connectivity index (χ3n) is 3.65. The van der Waals surface area contributed by atoms with Crippen LogP contribution in [0.15, 0.2) is 17.3 Å². The molecule has 1 aliphatic rings. The van der Waals surface area contributed by atoms with Gasteiger partial charge in [0.25, 0.3) is 10.0 Å². The molecule has 2 heterocycles. The summed E-state index contributed by atoms with van der Waals surface area (Å²) in [6, 6.07) is 1.28. The Morgan fingerprint density at radius 2 is 2.15 bits per heavy atom. The summed E-state index contributed by atoms with van der Waals surface area (Å²) in [4.78, 5) is 2.17. The second-order valence-corrected chi connectivity index (χ2v) is 6.50. The summed E-state index contributed by atoms with van der Waals surface area (Å²) in [5.74, 6) is 0. The zero-order valence-corrected chi connectivity index (χ0v) is 12.9. The third kappa shape index (κ3) is 3.03. The summed E-state index contributed by atoms with van der Waals surface area (Å²) in [6.07, 6.45) is 1.38. The van der Waals surface area contributed by atoms with Gasteiger partial charge in [-0.1, -0.05) is 6.92 Å². The first-order valence-electron chi connectivity index (χ1n) is 6.81. The number of likely N-dealkylation sites (tertiary alicyclic amines) is 1. The zero-order chi connectivity index (χ0) is 14.8. The second kappa shape index (κ2) is 6.21. The number of aryl methyl sites for hydroxylation is 1. The minimum Gasteiger partial charge on any atom is -0.378 e. The lowest BCUT2D eigenvalue weighted by molar-refractivity contribution is 0.0953. The molecule has 8 heteroatoms. The number of likely N-dealkylation sites (N-methyl/N-ethyl adjacent to an activating group) is 1. The maximum atomic E-state index is 12.4. The topological polar surface area (TPSA) is 76.5 Å². The van der Waals surface area contributed by atoms with E-state index in [4.69, 9.17) is 4.74 Å². The first-order valence-corrected chi connectivity index (χ1v) is 8.29. The lowest BCUT2D eigenvalue weighted by atomic mass is 10.2. The molecule has 0 radical (unpaired) electrons. The van der Waals surface area contributed by atoms with Gasteiger partial charge in [0.1, 0.15) is 0 Å². The third-order valence-corrected chi connectivity index (χ3v) is 5.16. The molecule has 0 spiro atoms. The normalized spacial score (nSPS) is 24.4. The number of methoxy groups -OCH3 is 1. The second-order valence-electron chi connectivity index (χ2n) is 4.84. The summed E-state index contributed by atoms with van der Waals surface area (Å²) in [6.45, 7) is 6.71. The molecule has 1 aromatic heterocycles. The van der Waals surface area contributed by atoms with Crippen LogP contribution in [0.4, 0.5) is 0 Å². The van der Waals surface area contributed by atoms with Crippen LogP contribution in [-0.4, -0.2) is 62.0 Å². The first-order chi connectivity index (χ1) is 9.51. The molecular weight excluding hydrogens is 280 g/mol. The maximum Gasteiger partial charge on any atom is 0.258 e. The number of nitrogens with one attached hydrogen (secondary N) is 1. The van der Waals surface area contributed by atoms with Crippen molar-refractivity contribution in [1.82, 2.24) is 19.4 Å². The van der Waals surface area contributed by atoms with Gasteiger partial charge in [0.15, 0.2) is 5.03 Å². The van der Waals surface area contributed by atoms with Crippen molar-refractivity contribution in [1.29, 1.82) is 0 Å². The molecule has 1 saturated heterocycles. The molecular formula is C12H22N4O3S. The van der Waals surface area contributed by atoms with Crippen molar-refractivity contribution < 1.29 is 13.2 Å². The molecule has 0 unspecified atom stereocenters. The van der Waals surface area contributed by atoms with Crippen molar-refractivity contribution >= 4 is 10.0 Å². The summed E-state index contributed by atoms with van der Waals surface area (Å²) in [5.41, 5.74) is 0. The van der Waals surface area contributed by atoms with Gasteiger partial charge in [-0.3, -0.25) is 9.58 Å². The lowest BCUT2D eigenvalue weighted by Crippen LogP contribution is -2.44. The van der Waals surface area contributed by atoms with Crippen molar-refractivity contribution in [2.24, 2.45) is 0 Å². The van der Waals surface area contributed by atoms with Gasteiger partial charge >= 0.3 is 0 Å². The fourth-order valence-corrected chi connectivity index (χ4v) is 3.95. The number of hydrogen-bond acceptors (Lipinski definition) is 5. The van der Waals surface area contributed by atoms with Crippen molar-refractivity contribution in [2.45, 2.75) is 37.6 Å². The molecule has 2 rings (SSSR count). The molecule has 7 nitrogen and oxygen atoms in total. The minimum absolute atomic E-state index is 0.122. The SMILES string of the molecule is CCN1C[C@H](NS(=O)(=O)c2ccnn2CC)[C@@H](OC)C1. The van der Waals surface area contributed by atoms with Crippen LogP contribution in [-0.2, 0) is 21.3 Å². The number of aromatic nitrogens is 2. The van der Waals surface area contributed by atoms with Crippen molar-refractivity contribution in [3.05, 3.63) is 12.3 Å². The van der Waals surface area contributed by atoms with Crippen LogP contribution in [0.5, 0.6) is 0 Å². The predicted molar refractivity (Wildman–Crippen MR) is 74.9 cm³/mol. The molecule has 0 saturated carbocycles. The molecule has 20 heavy (non-hydrogen) atoms. The quantitative estimate of drug-likeness (QED) is 0.794. The zero-order valence-electron chi connectivity index (χ0n) is 12.1.